The zero-order valence-electron chi connectivity index (χ0n) is 21.4. The van der Waals surface area contributed by atoms with E-state index in [1.807, 2.05) is 33.2 Å². The number of nitrogens with zero attached hydrogens (tertiary/aromatic N) is 2. The number of hydrogen-bond acceptors (Lipinski definition) is 5. The number of hydrogen-bond donors (Lipinski definition) is 2. The maximum Gasteiger partial charge on any atom is 0.309 e. The van der Waals surface area contributed by atoms with E-state index in [2.05, 4.69) is 14.8 Å². The van der Waals surface area contributed by atoms with Crippen LogP contribution in [0.15, 0.2) is 36.8 Å². The number of H-pyrrole nitrogens is 1. The van der Waals surface area contributed by atoms with Crippen molar-refractivity contribution in [3.63, 3.8) is 0 Å². The number of ether oxygens (including phenoxy) is 2. The van der Waals surface area contributed by atoms with Gasteiger partial charge in [0, 0.05) is 35.2 Å². The zero-order valence-corrected chi connectivity index (χ0v) is 22.9. The third-order valence-corrected chi connectivity index (χ3v) is 7.20. The summed E-state index contributed by atoms with van der Waals surface area (Å²) < 4.78 is 27.6. The molecule has 2 heterocycles. The molecule has 1 atom stereocenters. The van der Waals surface area contributed by atoms with Crippen LogP contribution in [0.3, 0.4) is 0 Å². The highest BCUT2D eigenvalue weighted by Crippen LogP contribution is 2.37. The van der Waals surface area contributed by atoms with E-state index >= 15 is 0 Å². The molecular weight excluding hydrogens is 518 g/mol. The van der Waals surface area contributed by atoms with Crippen molar-refractivity contribution < 1.29 is 23.3 Å². The first-order valence-corrected chi connectivity index (χ1v) is 13.1. The van der Waals surface area contributed by atoms with Crippen LogP contribution in [0.5, 0.6) is 5.75 Å². The van der Waals surface area contributed by atoms with E-state index in [9.17, 15) is 9.18 Å². The molecule has 0 spiro atoms. The standard InChI is InChI=1S/C27H31Cl2FN4O3/c1-15(23-20(28)9-10-21(30)24(23)29)36-22-11-17(12-32-25(22)31)18-13-33-34(14-18)19-7-5-16(6-8-19)26(35)37-27(2,3)4/h9-16,19H,5-8H2,1-4H3,(H2,31,32)/p+1. The van der Waals surface area contributed by atoms with Crippen molar-refractivity contribution in [3.05, 3.63) is 58.2 Å². The fourth-order valence-electron chi connectivity index (χ4n) is 4.58. The molecule has 1 fully saturated rings. The first-order valence-electron chi connectivity index (χ1n) is 12.3. The minimum atomic E-state index is -0.661. The highest BCUT2D eigenvalue weighted by Gasteiger charge is 2.34. The summed E-state index contributed by atoms with van der Waals surface area (Å²) >= 11 is 12.4. The number of benzene rings is 1. The van der Waals surface area contributed by atoms with Crippen molar-refractivity contribution in [2.75, 3.05) is 5.73 Å². The molecular formula is C27H32Cl2FN4O3+. The van der Waals surface area contributed by atoms with E-state index in [1.54, 1.807) is 19.2 Å². The number of nitrogens with one attached hydrogen (secondary N) is 1. The van der Waals surface area contributed by atoms with Crippen LogP contribution in [0.4, 0.5) is 10.2 Å². The highest BCUT2D eigenvalue weighted by molar-refractivity contribution is 6.36. The smallest absolute Gasteiger partial charge is 0.309 e. The Hall–Kier alpha value is -2.84. The molecule has 1 aliphatic rings. The van der Waals surface area contributed by atoms with Crippen LogP contribution in [-0.4, -0.2) is 21.7 Å². The maximum atomic E-state index is 14.0. The molecule has 2 aromatic heterocycles. The monoisotopic (exact) mass is 549 g/mol. The van der Waals surface area contributed by atoms with Crippen LogP contribution in [0.25, 0.3) is 11.1 Å². The number of nitrogens with two attached hydrogens (primary N) is 1. The molecule has 10 heteroatoms. The molecule has 0 bridgehead atoms. The number of carbonyl (C=O) groups is 1. The van der Waals surface area contributed by atoms with E-state index in [0.29, 0.717) is 16.3 Å². The number of rotatable bonds is 6. The normalized spacial score (nSPS) is 18.9. The molecule has 3 aromatic rings. The summed E-state index contributed by atoms with van der Waals surface area (Å²) in [7, 11) is 0. The van der Waals surface area contributed by atoms with Gasteiger partial charge in [0.05, 0.1) is 22.7 Å². The van der Waals surface area contributed by atoms with Gasteiger partial charge in [-0.25, -0.2) is 9.37 Å². The van der Waals surface area contributed by atoms with Gasteiger partial charge in [0.1, 0.15) is 17.5 Å². The Morgan fingerprint density at radius 3 is 2.59 bits per heavy atom. The van der Waals surface area contributed by atoms with Crippen LogP contribution in [0.1, 0.15) is 71.1 Å². The second-order valence-corrected chi connectivity index (χ2v) is 11.2. The topological polar surface area (TPSA) is 94.1 Å². The van der Waals surface area contributed by atoms with Crippen molar-refractivity contribution in [1.82, 2.24) is 10.1 Å². The average molecular weight is 550 g/mol. The number of pyridine rings is 1. The lowest BCUT2D eigenvalue weighted by Crippen LogP contribution is -2.43. The first-order chi connectivity index (χ1) is 17.4. The third kappa shape index (κ3) is 6.36. The van der Waals surface area contributed by atoms with Crippen molar-refractivity contribution in [1.29, 1.82) is 0 Å². The Labute approximate surface area is 226 Å². The number of carbonyl (C=O) groups excluding carboxylic acids is 1. The largest absolute Gasteiger partial charge is 0.482 e. The van der Waals surface area contributed by atoms with Gasteiger partial charge < -0.3 is 15.2 Å². The van der Waals surface area contributed by atoms with Crippen LogP contribution in [0.2, 0.25) is 10.0 Å². The molecule has 1 saturated carbocycles. The van der Waals surface area contributed by atoms with Crippen molar-refractivity contribution >= 4 is 35.0 Å². The maximum absolute atomic E-state index is 14.0. The van der Waals surface area contributed by atoms with Crippen LogP contribution < -0.4 is 15.2 Å². The number of aromatic nitrogens is 3. The lowest BCUT2D eigenvalue weighted by atomic mass is 9.86. The molecule has 1 unspecified atom stereocenters. The van der Waals surface area contributed by atoms with Gasteiger partial charge >= 0.3 is 5.97 Å². The van der Waals surface area contributed by atoms with Crippen molar-refractivity contribution in [2.45, 2.75) is 71.1 Å². The van der Waals surface area contributed by atoms with Gasteiger partial charge in [-0.15, -0.1) is 4.68 Å². The Balaban J connectivity index is 1.45. The van der Waals surface area contributed by atoms with Crippen LogP contribution >= 0.6 is 23.2 Å². The zero-order chi connectivity index (χ0) is 26.9. The quantitative estimate of drug-likeness (QED) is 0.205. The van der Waals surface area contributed by atoms with Gasteiger partial charge in [0.15, 0.2) is 17.6 Å². The Kier molecular flexibility index (Phi) is 7.99. The first kappa shape index (κ1) is 27.2. The van der Waals surface area contributed by atoms with Gasteiger partial charge in [0.25, 0.3) is 0 Å². The predicted molar refractivity (Wildman–Crippen MR) is 141 cm³/mol. The molecule has 1 aromatic carbocycles. The summed E-state index contributed by atoms with van der Waals surface area (Å²) in [6.45, 7) is 7.39. The van der Waals surface area contributed by atoms with E-state index in [1.165, 1.54) is 12.1 Å². The summed E-state index contributed by atoms with van der Waals surface area (Å²) in [6.07, 6.45) is 8.22. The van der Waals surface area contributed by atoms with Gasteiger partial charge in [-0.2, -0.15) is 5.10 Å². The summed E-state index contributed by atoms with van der Waals surface area (Å²) in [5.41, 5.74) is 7.64. The molecule has 4 rings (SSSR count). The fourth-order valence-corrected chi connectivity index (χ4v) is 5.26. The van der Waals surface area contributed by atoms with Gasteiger partial charge in [-0.3, -0.25) is 4.79 Å². The minimum Gasteiger partial charge on any atom is -0.482 e. The Morgan fingerprint density at radius 2 is 1.92 bits per heavy atom. The molecule has 3 N–H and O–H groups in total. The number of nitrogen functional groups attached to an aromatic ring is 1. The van der Waals surface area contributed by atoms with Gasteiger partial charge in [-0.05, 0) is 58.7 Å². The lowest BCUT2D eigenvalue weighted by Gasteiger charge is -2.27. The molecule has 0 aliphatic heterocycles. The number of anilines is 1. The van der Waals surface area contributed by atoms with Crippen LogP contribution in [-0.2, 0) is 9.53 Å². The molecule has 0 saturated heterocycles. The van der Waals surface area contributed by atoms with E-state index in [-0.39, 0.29) is 28.8 Å². The molecule has 7 nitrogen and oxygen atoms in total. The number of aromatic amines is 1. The molecule has 0 radical (unpaired) electrons. The molecule has 198 valence electrons. The summed E-state index contributed by atoms with van der Waals surface area (Å²) in [4.78, 5) is 16.7. The summed E-state index contributed by atoms with van der Waals surface area (Å²) in [6, 6.07) is 4.69. The molecule has 1 aliphatic carbocycles. The SMILES string of the molecule is CC(Oc1cc(-c2c[nH][n+](C3CCC(C(=O)OC(C)(C)C)CC3)c2)cnc1N)c1c(Cl)ccc(F)c1Cl. The average Bonchev–Trinajstić information content (AvgIpc) is 3.32. The third-order valence-electron chi connectivity index (χ3n) is 6.48. The number of esters is 1. The second-order valence-electron chi connectivity index (χ2n) is 10.4. The summed E-state index contributed by atoms with van der Waals surface area (Å²) in [5, 5.41) is 3.52. The fraction of sp³-hybridized carbons (Fsp3) is 0.444. The molecule has 37 heavy (non-hydrogen) atoms. The lowest BCUT2D eigenvalue weighted by molar-refractivity contribution is -0.776. The minimum absolute atomic E-state index is 0.0615. The second kappa shape index (κ2) is 10.9. The predicted octanol–water partition coefficient (Wildman–Crippen LogP) is 6.61. The van der Waals surface area contributed by atoms with E-state index < -0.39 is 17.5 Å². The van der Waals surface area contributed by atoms with Gasteiger partial charge in [-0.1, -0.05) is 23.2 Å². The van der Waals surface area contributed by atoms with Gasteiger partial charge in [0.2, 0.25) is 6.20 Å². The molecule has 0 amide bonds. The highest BCUT2D eigenvalue weighted by atomic mass is 35.5. The van der Waals surface area contributed by atoms with E-state index in [4.69, 9.17) is 38.4 Å². The van der Waals surface area contributed by atoms with Crippen molar-refractivity contribution in [2.24, 2.45) is 5.92 Å². The summed E-state index contributed by atoms with van der Waals surface area (Å²) in [5.74, 6) is -0.212. The van der Waals surface area contributed by atoms with E-state index in [0.717, 1.165) is 36.8 Å². The van der Waals surface area contributed by atoms with Crippen LogP contribution in [0, 0.1) is 11.7 Å². The Morgan fingerprint density at radius 1 is 1.22 bits per heavy atom. The number of halogens is 3. The Bertz CT molecular complexity index is 1280. The van der Waals surface area contributed by atoms with Crippen molar-refractivity contribution in [3.8, 4) is 16.9 Å².